The molecule has 0 radical (unpaired) electrons. The van der Waals surface area contributed by atoms with Gasteiger partial charge in [-0.25, -0.2) is 14.5 Å². The van der Waals surface area contributed by atoms with Crippen LogP contribution in [0.25, 0.3) is 15.3 Å². The maximum absolute atomic E-state index is 11.1. The first-order chi connectivity index (χ1) is 9.20. The average molecular weight is 273 g/mol. The zero-order valence-corrected chi connectivity index (χ0v) is 11.0. The van der Waals surface area contributed by atoms with Crippen molar-refractivity contribution < 1.29 is 9.90 Å². The fourth-order valence-corrected chi connectivity index (χ4v) is 2.96. The second kappa shape index (κ2) is 4.47. The average Bonchev–Trinajstić information content (AvgIpc) is 3.01. The van der Waals surface area contributed by atoms with Gasteiger partial charge in [-0.15, -0.1) is 0 Å². The Bertz CT molecular complexity index is 727. The highest BCUT2D eigenvalue weighted by Gasteiger charge is 2.18. The van der Waals surface area contributed by atoms with E-state index in [0.29, 0.717) is 17.2 Å². The number of aromatic carboxylic acids is 1. The summed E-state index contributed by atoms with van der Waals surface area (Å²) in [5.41, 5.74) is 1.81. The van der Waals surface area contributed by atoms with Gasteiger partial charge in [0.2, 0.25) is 5.13 Å². The minimum Gasteiger partial charge on any atom is -0.478 e. The molecular weight excluding hydrogens is 262 g/mol. The highest BCUT2D eigenvalue weighted by molar-refractivity contribution is 7.20. The molecule has 0 spiro atoms. The minimum atomic E-state index is -0.954. The van der Waals surface area contributed by atoms with Gasteiger partial charge in [0.15, 0.2) is 0 Å². The number of thiazole rings is 1. The molecule has 5 nitrogen and oxygen atoms in total. The maximum atomic E-state index is 11.1. The van der Waals surface area contributed by atoms with Crippen LogP contribution in [-0.4, -0.2) is 25.8 Å². The van der Waals surface area contributed by atoms with Gasteiger partial charge >= 0.3 is 5.97 Å². The molecule has 0 atom stereocenters. The van der Waals surface area contributed by atoms with E-state index in [4.69, 9.17) is 5.11 Å². The van der Waals surface area contributed by atoms with Crippen molar-refractivity contribution in [2.45, 2.75) is 13.3 Å². The molecule has 0 aliphatic carbocycles. The van der Waals surface area contributed by atoms with Gasteiger partial charge < -0.3 is 5.11 Å². The van der Waals surface area contributed by atoms with Crippen molar-refractivity contribution in [2.24, 2.45) is 0 Å². The Morgan fingerprint density at radius 1 is 1.42 bits per heavy atom. The van der Waals surface area contributed by atoms with Crippen LogP contribution < -0.4 is 0 Å². The molecule has 3 aromatic rings. The standard InChI is InChI=1S/C13H11N3O2S/c1-2-10-8(12(17)18)7-14-16(10)13-15-9-5-3-4-6-11(9)19-13/h3-7H,2H2,1H3,(H,17,18). The Morgan fingerprint density at radius 3 is 2.89 bits per heavy atom. The topological polar surface area (TPSA) is 68.0 Å². The predicted octanol–water partition coefficient (Wildman–Crippen LogP) is 2.74. The summed E-state index contributed by atoms with van der Waals surface area (Å²) in [6.45, 7) is 1.91. The Hall–Kier alpha value is -2.21. The van der Waals surface area contributed by atoms with Crippen LogP contribution in [0.15, 0.2) is 30.5 Å². The number of carbonyl (C=O) groups is 1. The van der Waals surface area contributed by atoms with Gasteiger partial charge in [0.1, 0.15) is 5.56 Å². The molecule has 6 heteroatoms. The molecule has 0 amide bonds. The highest BCUT2D eigenvalue weighted by atomic mass is 32.1. The number of fused-ring (bicyclic) bond motifs is 1. The second-order valence-electron chi connectivity index (χ2n) is 4.04. The SMILES string of the molecule is CCc1c(C(=O)O)cnn1-c1nc2ccccc2s1. The van der Waals surface area contributed by atoms with Gasteiger partial charge in [-0.1, -0.05) is 30.4 Å². The Labute approximate surface area is 113 Å². The lowest BCUT2D eigenvalue weighted by Gasteiger charge is -2.01. The number of aromatic nitrogens is 3. The summed E-state index contributed by atoms with van der Waals surface area (Å²) in [5, 5.41) is 14.0. The van der Waals surface area contributed by atoms with Crippen molar-refractivity contribution in [1.29, 1.82) is 0 Å². The van der Waals surface area contributed by atoms with Crippen LogP contribution >= 0.6 is 11.3 Å². The van der Waals surface area contributed by atoms with E-state index in [-0.39, 0.29) is 5.56 Å². The van der Waals surface area contributed by atoms with Gasteiger partial charge in [0.05, 0.1) is 22.1 Å². The number of rotatable bonds is 3. The molecule has 0 fully saturated rings. The smallest absolute Gasteiger partial charge is 0.339 e. The summed E-state index contributed by atoms with van der Waals surface area (Å²) in [5.74, 6) is -0.954. The molecule has 3 rings (SSSR count). The van der Waals surface area contributed by atoms with Gasteiger partial charge in [-0.3, -0.25) is 0 Å². The molecular formula is C13H11N3O2S. The van der Waals surface area contributed by atoms with E-state index >= 15 is 0 Å². The van der Waals surface area contributed by atoms with E-state index < -0.39 is 5.97 Å². The minimum absolute atomic E-state index is 0.238. The van der Waals surface area contributed by atoms with E-state index in [9.17, 15) is 4.79 Å². The summed E-state index contributed by atoms with van der Waals surface area (Å²) >= 11 is 1.50. The summed E-state index contributed by atoms with van der Waals surface area (Å²) in [7, 11) is 0. The number of carboxylic acid groups (broad SMARTS) is 1. The molecule has 0 saturated heterocycles. The van der Waals surface area contributed by atoms with Gasteiger partial charge in [-0.05, 0) is 18.6 Å². The number of hydrogen-bond acceptors (Lipinski definition) is 4. The van der Waals surface area contributed by atoms with Crippen molar-refractivity contribution in [2.75, 3.05) is 0 Å². The van der Waals surface area contributed by atoms with E-state index in [1.807, 2.05) is 31.2 Å². The van der Waals surface area contributed by atoms with Crippen LogP contribution in [0.5, 0.6) is 0 Å². The Kier molecular flexibility index (Phi) is 2.79. The Balaban J connectivity index is 2.18. The summed E-state index contributed by atoms with van der Waals surface area (Å²) in [6, 6.07) is 7.81. The fraction of sp³-hybridized carbons (Fsp3) is 0.154. The van der Waals surface area contributed by atoms with E-state index in [0.717, 1.165) is 10.2 Å². The second-order valence-corrected chi connectivity index (χ2v) is 5.05. The molecule has 0 bridgehead atoms. The third-order valence-electron chi connectivity index (χ3n) is 2.90. The Morgan fingerprint density at radius 2 is 2.21 bits per heavy atom. The van der Waals surface area contributed by atoms with Crippen LogP contribution in [0.1, 0.15) is 23.0 Å². The van der Waals surface area contributed by atoms with Crippen molar-refractivity contribution in [3.63, 3.8) is 0 Å². The van der Waals surface area contributed by atoms with Crippen molar-refractivity contribution >= 4 is 27.5 Å². The van der Waals surface area contributed by atoms with E-state index in [1.165, 1.54) is 17.5 Å². The molecule has 0 saturated carbocycles. The molecule has 1 aromatic carbocycles. The van der Waals surface area contributed by atoms with Crippen LogP contribution in [0.4, 0.5) is 0 Å². The molecule has 19 heavy (non-hydrogen) atoms. The highest BCUT2D eigenvalue weighted by Crippen LogP contribution is 2.26. The summed E-state index contributed by atoms with van der Waals surface area (Å²) in [6.07, 6.45) is 1.98. The molecule has 0 aliphatic heterocycles. The maximum Gasteiger partial charge on any atom is 0.339 e. The summed E-state index contributed by atoms with van der Waals surface area (Å²) in [4.78, 5) is 15.6. The fourth-order valence-electron chi connectivity index (χ4n) is 2.01. The molecule has 1 N–H and O–H groups in total. The number of para-hydroxylation sites is 1. The first-order valence-electron chi connectivity index (χ1n) is 5.87. The number of hydrogen-bond donors (Lipinski definition) is 1. The van der Waals surface area contributed by atoms with Crippen molar-refractivity contribution in [3.05, 3.63) is 41.7 Å². The number of nitrogens with zero attached hydrogens (tertiary/aromatic N) is 3. The van der Waals surface area contributed by atoms with E-state index in [1.54, 1.807) is 4.68 Å². The van der Waals surface area contributed by atoms with Gasteiger partial charge in [0.25, 0.3) is 0 Å². The zero-order chi connectivity index (χ0) is 13.4. The molecule has 0 unspecified atom stereocenters. The molecule has 2 heterocycles. The third-order valence-corrected chi connectivity index (χ3v) is 3.91. The van der Waals surface area contributed by atoms with Gasteiger partial charge in [-0.2, -0.15) is 5.10 Å². The van der Waals surface area contributed by atoms with Crippen LogP contribution in [-0.2, 0) is 6.42 Å². The lowest BCUT2D eigenvalue weighted by Crippen LogP contribution is -2.05. The van der Waals surface area contributed by atoms with Crippen LogP contribution in [0, 0.1) is 0 Å². The first-order valence-corrected chi connectivity index (χ1v) is 6.68. The normalized spacial score (nSPS) is 11.0. The lowest BCUT2D eigenvalue weighted by atomic mass is 10.2. The lowest BCUT2D eigenvalue weighted by molar-refractivity contribution is 0.0695. The monoisotopic (exact) mass is 273 g/mol. The number of benzene rings is 1. The summed E-state index contributed by atoms with van der Waals surface area (Å²) < 4.78 is 2.68. The van der Waals surface area contributed by atoms with Crippen LogP contribution in [0.2, 0.25) is 0 Å². The zero-order valence-electron chi connectivity index (χ0n) is 10.2. The molecule has 0 aliphatic rings. The quantitative estimate of drug-likeness (QED) is 0.796. The molecule has 96 valence electrons. The first kappa shape index (κ1) is 11.9. The number of carboxylic acids is 1. The van der Waals surface area contributed by atoms with E-state index in [2.05, 4.69) is 10.1 Å². The van der Waals surface area contributed by atoms with Crippen molar-refractivity contribution in [3.8, 4) is 5.13 Å². The third kappa shape index (κ3) is 1.90. The molecule has 2 aromatic heterocycles. The van der Waals surface area contributed by atoms with Gasteiger partial charge in [0, 0.05) is 0 Å². The largest absolute Gasteiger partial charge is 0.478 e. The predicted molar refractivity (Wildman–Crippen MR) is 73.1 cm³/mol. The van der Waals surface area contributed by atoms with Crippen LogP contribution in [0.3, 0.4) is 0 Å². The van der Waals surface area contributed by atoms with Crippen molar-refractivity contribution in [1.82, 2.24) is 14.8 Å².